The van der Waals surface area contributed by atoms with E-state index in [2.05, 4.69) is 0 Å². The lowest BCUT2D eigenvalue weighted by Gasteiger charge is -2.17. The van der Waals surface area contributed by atoms with Crippen LogP contribution in [0.3, 0.4) is 0 Å². The van der Waals surface area contributed by atoms with Gasteiger partial charge < -0.3 is 9.64 Å². The molecular formula is C25H17N3O7. The van der Waals surface area contributed by atoms with Gasteiger partial charge in [-0.3, -0.25) is 29.3 Å². The molecule has 0 aliphatic carbocycles. The summed E-state index contributed by atoms with van der Waals surface area (Å²) < 4.78 is 5.47. The van der Waals surface area contributed by atoms with Gasteiger partial charge in [0.15, 0.2) is 0 Å². The molecule has 0 unspecified atom stereocenters. The molecule has 0 saturated carbocycles. The molecule has 10 nitrogen and oxygen atoms in total. The van der Waals surface area contributed by atoms with Gasteiger partial charge in [-0.2, -0.15) is 0 Å². The number of imide groups is 1. The van der Waals surface area contributed by atoms with Crippen molar-refractivity contribution in [2.24, 2.45) is 5.92 Å². The number of benzene rings is 3. The SMILES string of the molecule is O=C(Oc1cccc(N2C(=O)c3cccc([N+](=O)[O-])c3C2=O)c1)[C@H]1CC(=O)N(c2ccccc2)C1. The monoisotopic (exact) mass is 471 g/mol. The van der Waals surface area contributed by atoms with Crippen molar-refractivity contribution in [1.82, 2.24) is 0 Å². The number of carbonyl (C=O) groups excluding carboxylic acids is 4. The third kappa shape index (κ3) is 3.80. The molecule has 0 N–H and O–H groups in total. The van der Waals surface area contributed by atoms with Gasteiger partial charge in [-0.15, -0.1) is 0 Å². The summed E-state index contributed by atoms with van der Waals surface area (Å²) in [4.78, 5) is 63.9. The van der Waals surface area contributed by atoms with E-state index in [9.17, 15) is 29.3 Å². The number of para-hydroxylation sites is 1. The van der Waals surface area contributed by atoms with E-state index in [0.717, 1.165) is 11.0 Å². The molecule has 0 spiro atoms. The number of nitrogens with zero attached hydrogens (tertiary/aromatic N) is 3. The summed E-state index contributed by atoms with van der Waals surface area (Å²) in [5.41, 5.74) is -0.0223. The Morgan fingerprint density at radius 1 is 0.914 bits per heavy atom. The first-order valence-corrected chi connectivity index (χ1v) is 10.7. The molecule has 2 aliphatic heterocycles. The quantitative estimate of drug-likeness (QED) is 0.184. The van der Waals surface area contributed by atoms with E-state index in [1.165, 1.54) is 41.3 Å². The predicted molar refractivity (Wildman–Crippen MR) is 123 cm³/mol. The fourth-order valence-corrected chi connectivity index (χ4v) is 4.26. The molecule has 1 fully saturated rings. The molecule has 3 aromatic carbocycles. The van der Waals surface area contributed by atoms with Gasteiger partial charge >= 0.3 is 5.97 Å². The maximum Gasteiger partial charge on any atom is 0.316 e. The maximum absolute atomic E-state index is 12.9. The van der Waals surface area contributed by atoms with Crippen molar-refractivity contribution in [2.45, 2.75) is 6.42 Å². The molecule has 3 amide bonds. The summed E-state index contributed by atoms with van der Waals surface area (Å²) >= 11 is 0. The van der Waals surface area contributed by atoms with E-state index in [1.54, 1.807) is 24.3 Å². The zero-order chi connectivity index (χ0) is 24.7. The van der Waals surface area contributed by atoms with Crippen LogP contribution >= 0.6 is 0 Å². The van der Waals surface area contributed by atoms with Crippen LogP contribution in [0.4, 0.5) is 17.1 Å². The Hall–Kier alpha value is -4.86. The van der Waals surface area contributed by atoms with Crippen LogP contribution in [0.2, 0.25) is 0 Å². The molecule has 2 heterocycles. The summed E-state index contributed by atoms with van der Waals surface area (Å²) in [6, 6.07) is 18.6. The van der Waals surface area contributed by atoms with Gasteiger partial charge in [-0.05, 0) is 30.3 Å². The van der Waals surface area contributed by atoms with Crippen LogP contribution in [0.25, 0.3) is 0 Å². The summed E-state index contributed by atoms with van der Waals surface area (Å²) in [7, 11) is 0. The third-order valence-electron chi connectivity index (χ3n) is 5.91. The highest BCUT2D eigenvalue weighted by Gasteiger charge is 2.42. The zero-order valence-electron chi connectivity index (χ0n) is 18.1. The van der Waals surface area contributed by atoms with Gasteiger partial charge in [0, 0.05) is 30.8 Å². The summed E-state index contributed by atoms with van der Waals surface area (Å²) in [5.74, 6) is -2.97. The fraction of sp³-hybridized carbons (Fsp3) is 0.120. The lowest BCUT2D eigenvalue weighted by molar-refractivity contribution is -0.385. The van der Waals surface area contributed by atoms with E-state index >= 15 is 0 Å². The Balaban J connectivity index is 1.35. The summed E-state index contributed by atoms with van der Waals surface area (Å²) in [6.45, 7) is 0.170. The molecule has 1 saturated heterocycles. The lowest BCUT2D eigenvalue weighted by atomic mass is 10.1. The van der Waals surface area contributed by atoms with Gasteiger partial charge in [0.05, 0.1) is 22.1 Å². The Morgan fingerprint density at radius 3 is 2.37 bits per heavy atom. The molecule has 2 aliphatic rings. The summed E-state index contributed by atoms with van der Waals surface area (Å²) in [6.07, 6.45) is -0.00447. The largest absolute Gasteiger partial charge is 0.426 e. The molecule has 5 rings (SSSR count). The standard InChI is InChI=1S/C25H17N3O7/c29-21-12-15(14-26(21)16-6-2-1-3-7-16)25(32)35-18-9-4-8-17(13-18)27-23(30)19-10-5-11-20(28(33)34)22(19)24(27)31/h1-11,13,15H,12,14H2/t15-/m0/s1. The Bertz CT molecular complexity index is 1400. The van der Waals surface area contributed by atoms with Crippen LogP contribution in [0.15, 0.2) is 72.8 Å². The second kappa shape index (κ2) is 8.49. The molecule has 10 heteroatoms. The van der Waals surface area contributed by atoms with Gasteiger partial charge in [-0.1, -0.05) is 30.3 Å². The molecule has 174 valence electrons. The van der Waals surface area contributed by atoms with Gasteiger partial charge in [0.2, 0.25) is 5.91 Å². The van der Waals surface area contributed by atoms with Crippen molar-refractivity contribution in [3.05, 3.63) is 94.0 Å². The third-order valence-corrected chi connectivity index (χ3v) is 5.91. The molecule has 1 atom stereocenters. The molecule has 35 heavy (non-hydrogen) atoms. The van der Waals surface area contributed by atoms with Crippen LogP contribution in [-0.2, 0) is 9.59 Å². The van der Waals surface area contributed by atoms with Crippen molar-refractivity contribution >= 4 is 40.8 Å². The van der Waals surface area contributed by atoms with E-state index in [-0.39, 0.29) is 41.4 Å². The molecule has 0 aromatic heterocycles. The average Bonchev–Trinajstić information content (AvgIpc) is 3.37. The number of anilines is 2. The van der Waals surface area contributed by atoms with Gasteiger partial charge in [-0.25, -0.2) is 4.90 Å². The number of nitro benzene ring substituents is 1. The van der Waals surface area contributed by atoms with E-state index in [0.29, 0.717) is 5.69 Å². The molecule has 0 radical (unpaired) electrons. The second-order valence-electron chi connectivity index (χ2n) is 8.06. The number of fused-ring (bicyclic) bond motifs is 1. The van der Waals surface area contributed by atoms with Gasteiger partial charge in [0.25, 0.3) is 17.5 Å². The van der Waals surface area contributed by atoms with E-state index in [4.69, 9.17) is 4.74 Å². The smallest absolute Gasteiger partial charge is 0.316 e. The molecule has 0 bridgehead atoms. The summed E-state index contributed by atoms with van der Waals surface area (Å²) in [5, 5.41) is 11.3. The first-order chi connectivity index (χ1) is 16.8. The van der Waals surface area contributed by atoms with Crippen LogP contribution in [0.5, 0.6) is 5.75 Å². The highest BCUT2D eigenvalue weighted by Crippen LogP contribution is 2.35. The number of esters is 1. The Labute approximate surface area is 198 Å². The van der Waals surface area contributed by atoms with Crippen molar-refractivity contribution in [3.63, 3.8) is 0 Å². The van der Waals surface area contributed by atoms with Crippen LogP contribution in [0, 0.1) is 16.0 Å². The topological polar surface area (TPSA) is 127 Å². The van der Waals surface area contributed by atoms with E-state index < -0.39 is 34.3 Å². The van der Waals surface area contributed by atoms with Crippen LogP contribution < -0.4 is 14.5 Å². The highest BCUT2D eigenvalue weighted by atomic mass is 16.6. The minimum Gasteiger partial charge on any atom is -0.426 e. The van der Waals surface area contributed by atoms with Crippen LogP contribution in [-0.4, -0.2) is 35.2 Å². The predicted octanol–water partition coefficient (Wildman–Crippen LogP) is 3.35. The minimum atomic E-state index is -0.833. The Kier molecular flexibility index (Phi) is 5.33. The van der Waals surface area contributed by atoms with Crippen molar-refractivity contribution in [1.29, 1.82) is 0 Å². The number of amides is 3. The second-order valence-corrected chi connectivity index (χ2v) is 8.06. The zero-order valence-corrected chi connectivity index (χ0v) is 18.1. The Morgan fingerprint density at radius 2 is 1.63 bits per heavy atom. The normalized spacial score (nSPS) is 17.0. The highest BCUT2D eigenvalue weighted by molar-refractivity contribution is 6.35. The van der Waals surface area contributed by atoms with Crippen molar-refractivity contribution in [2.75, 3.05) is 16.3 Å². The molecular weight excluding hydrogens is 454 g/mol. The number of nitro groups is 1. The van der Waals surface area contributed by atoms with Crippen molar-refractivity contribution < 1.29 is 28.8 Å². The number of rotatable bonds is 5. The van der Waals surface area contributed by atoms with E-state index in [1.807, 2.05) is 6.07 Å². The average molecular weight is 471 g/mol. The number of hydrogen-bond donors (Lipinski definition) is 0. The minimum absolute atomic E-state index is 0.00447. The van der Waals surface area contributed by atoms with Gasteiger partial charge in [0.1, 0.15) is 11.3 Å². The van der Waals surface area contributed by atoms with Crippen LogP contribution in [0.1, 0.15) is 27.1 Å². The number of hydrogen-bond acceptors (Lipinski definition) is 7. The maximum atomic E-state index is 12.9. The fourth-order valence-electron chi connectivity index (χ4n) is 4.26. The first kappa shape index (κ1) is 22.0. The first-order valence-electron chi connectivity index (χ1n) is 10.7. The number of ether oxygens (including phenoxy) is 1. The van der Waals surface area contributed by atoms with Crippen molar-refractivity contribution in [3.8, 4) is 5.75 Å². The molecule has 3 aromatic rings. The number of carbonyl (C=O) groups is 4. The lowest BCUT2D eigenvalue weighted by Crippen LogP contribution is -2.29.